The molecule has 10 heteroatoms. The smallest absolute Gasteiger partial charge is 0.419 e. The van der Waals surface area contributed by atoms with Crippen molar-refractivity contribution in [2.45, 2.75) is 48.4 Å². The molecule has 4 rings (SSSR count). The zero-order valence-corrected chi connectivity index (χ0v) is 19.4. The Balaban J connectivity index is 1.91. The van der Waals surface area contributed by atoms with E-state index in [0.29, 0.717) is 5.39 Å². The number of rotatable bonds is 4. The van der Waals surface area contributed by atoms with Gasteiger partial charge in [0.15, 0.2) is 17.2 Å². The van der Waals surface area contributed by atoms with E-state index in [2.05, 4.69) is 4.72 Å². The number of nitrogens with one attached hydrogen (secondary N) is 1. The lowest BCUT2D eigenvalue weighted by molar-refractivity contribution is -0.279. The molecule has 2 unspecified atom stereocenters. The molecule has 0 radical (unpaired) electrons. The van der Waals surface area contributed by atoms with Crippen molar-refractivity contribution in [3.8, 4) is 5.75 Å². The quantitative estimate of drug-likeness (QED) is 0.499. The molecule has 34 heavy (non-hydrogen) atoms. The van der Waals surface area contributed by atoms with E-state index in [0.717, 1.165) is 17.5 Å². The van der Waals surface area contributed by atoms with Gasteiger partial charge < -0.3 is 9.84 Å². The molecule has 0 heterocycles. The molecular weight excluding hydrogens is 474 g/mol. The van der Waals surface area contributed by atoms with E-state index < -0.39 is 45.5 Å². The highest BCUT2D eigenvalue weighted by Gasteiger charge is 2.65. The van der Waals surface area contributed by atoms with Gasteiger partial charge in [-0.25, -0.2) is 17.5 Å². The fraction of sp³-hybridized carbons (Fsp3) is 0.333. The van der Waals surface area contributed by atoms with Crippen LogP contribution in [0.5, 0.6) is 5.75 Å². The van der Waals surface area contributed by atoms with E-state index in [1.165, 1.54) is 39.2 Å². The van der Waals surface area contributed by atoms with Crippen molar-refractivity contribution in [2.75, 3.05) is 7.11 Å². The number of methoxy groups -OCH3 is 1. The molecule has 1 aliphatic carbocycles. The monoisotopic (exact) mass is 497 g/mol. The molecule has 0 bridgehead atoms. The first-order chi connectivity index (χ1) is 15.7. The van der Waals surface area contributed by atoms with Crippen molar-refractivity contribution in [2.24, 2.45) is 0 Å². The van der Waals surface area contributed by atoms with Crippen LogP contribution in [0.3, 0.4) is 0 Å². The fourth-order valence-corrected chi connectivity index (χ4v) is 6.11. The minimum atomic E-state index is -5.19. The number of sulfonamides is 1. The summed E-state index contributed by atoms with van der Waals surface area (Å²) in [4.78, 5) is -0.267. The van der Waals surface area contributed by atoms with E-state index in [9.17, 15) is 31.1 Å². The summed E-state index contributed by atoms with van der Waals surface area (Å²) in [5, 5.41) is 12.3. The van der Waals surface area contributed by atoms with Gasteiger partial charge in [0.2, 0.25) is 10.0 Å². The third kappa shape index (κ3) is 3.83. The van der Waals surface area contributed by atoms with Crippen LogP contribution in [0, 0.1) is 5.82 Å². The molecule has 0 saturated carbocycles. The predicted octanol–water partition coefficient (Wildman–Crippen LogP) is 4.98. The largest absolute Gasteiger partial charge is 0.493 e. The molecule has 0 aliphatic heterocycles. The Bertz CT molecular complexity index is 1370. The minimum Gasteiger partial charge on any atom is -0.493 e. The number of hydrogen-bond acceptors (Lipinski definition) is 4. The van der Waals surface area contributed by atoms with E-state index in [1.54, 1.807) is 24.3 Å². The molecule has 182 valence electrons. The number of alkyl halides is 3. The second-order valence-corrected chi connectivity index (χ2v) is 10.8. The molecule has 3 aromatic carbocycles. The van der Waals surface area contributed by atoms with Crippen LogP contribution in [0.4, 0.5) is 17.6 Å². The number of hydrogen-bond donors (Lipinski definition) is 2. The normalized spacial score (nSPS) is 22.4. The van der Waals surface area contributed by atoms with Crippen molar-refractivity contribution >= 4 is 20.8 Å². The van der Waals surface area contributed by atoms with Gasteiger partial charge in [0.25, 0.3) is 0 Å². The maximum atomic E-state index is 14.5. The van der Waals surface area contributed by atoms with Crippen LogP contribution in [0.15, 0.2) is 59.5 Å². The van der Waals surface area contributed by atoms with Gasteiger partial charge in [-0.1, -0.05) is 50.2 Å². The Morgan fingerprint density at radius 1 is 1.06 bits per heavy atom. The van der Waals surface area contributed by atoms with Crippen LogP contribution < -0.4 is 9.46 Å². The second-order valence-electron chi connectivity index (χ2n) is 9.09. The van der Waals surface area contributed by atoms with Crippen molar-refractivity contribution in [1.82, 2.24) is 4.72 Å². The van der Waals surface area contributed by atoms with Gasteiger partial charge >= 0.3 is 6.18 Å². The van der Waals surface area contributed by atoms with Gasteiger partial charge in [-0.15, -0.1) is 0 Å². The first-order valence-electron chi connectivity index (χ1n) is 10.4. The van der Waals surface area contributed by atoms with Crippen molar-refractivity contribution < 1.29 is 35.8 Å². The Morgan fingerprint density at radius 2 is 1.71 bits per heavy atom. The summed E-state index contributed by atoms with van der Waals surface area (Å²) in [5.74, 6) is -1.09. The van der Waals surface area contributed by atoms with Gasteiger partial charge in [-0.3, -0.25) is 0 Å². The van der Waals surface area contributed by atoms with Gasteiger partial charge in [-0.05, 0) is 46.4 Å². The van der Waals surface area contributed by atoms with Crippen LogP contribution in [-0.4, -0.2) is 32.4 Å². The summed E-state index contributed by atoms with van der Waals surface area (Å²) in [6.07, 6.45) is -6.11. The highest BCUT2D eigenvalue weighted by molar-refractivity contribution is 7.89. The lowest BCUT2D eigenvalue weighted by Gasteiger charge is -2.48. The third-order valence-electron chi connectivity index (χ3n) is 6.32. The van der Waals surface area contributed by atoms with E-state index >= 15 is 0 Å². The van der Waals surface area contributed by atoms with Crippen molar-refractivity contribution in [1.29, 1.82) is 0 Å². The maximum absolute atomic E-state index is 14.5. The Morgan fingerprint density at radius 3 is 2.32 bits per heavy atom. The van der Waals surface area contributed by atoms with Crippen LogP contribution in [-0.2, 0) is 15.4 Å². The molecule has 0 aromatic heterocycles. The molecule has 0 amide bonds. The molecule has 2 atom stereocenters. The number of benzene rings is 3. The lowest BCUT2D eigenvalue weighted by Crippen LogP contribution is -2.60. The number of halogens is 4. The molecule has 0 fully saturated rings. The van der Waals surface area contributed by atoms with Crippen LogP contribution >= 0.6 is 0 Å². The van der Waals surface area contributed by atoms with E-state index in [-0.39, 0.29) is 21.8 Å². The Kier molecular flexibility index (Phi) is 5.70. The van der Waals surface area contributed by atoms with Crippen LogP contribution in [0.2, 0.25) is 0 Å². The predicted molar refractivity (Wildman–Crippen MR) is 119 cm³/mol. The summed E-state index contributed by atoms with van der Waals surface area (Å²) < 4.78 is 91.0. The highest BCUT2D eigenvalue weighted by atomic mass is 32.2. The lowest BCUT2D eigenvalue weighted by atomic mass is 9.63. The molecular formula is C24H23F4NO4S. The van der Waals surface area contributed by atoms with Gasteiger partial charge in [0.1, 0.15) is 0 Å². The van der Waals surface area contributed by atoms with Gasteiger partial charge in [0.05, 0.1) is 18.0 Å². The first-order valence-corrected chi connectivity index (χ1v) is 11.9. The third-order valence-corrected chi connectivity index (χ3v) is 7.74. The zero-order chi connectivity index (χ0) is 25.1. The topological polar surface area (TPSA) is 75.6 Å². The summed E-state index contributed by atoms with van der Waals surface area (Å²) in [7, 11) is -3.36. The molecule has 2 N–H and O–H groups in total. The van der Waals surface area contributed by atoms with Crippen LogP contribution in [0.1, 0.15) is 37.4 Å². The minimum absolute atomic E-state index is 0.0649. The van der Waals surface area contributed by atoms with Gasteiger partial charge in [-0.2, -0.15) is 13.2 Å². The summed E-state index contributed by atoms with van der Waals surface area (Å²) in [6, 6.07) is 10.9. The second kappa shape index (κ2) is 7.93. The number of aliphatic hydroxyl groups is 1. The van der Waals surface area contributed by atoms with Crippen molar-refractivity contribution in [3.63, 3.8) is 0 Å². The first kappa shape index (κ1) is 24.4. The van der Waals surface area contributed by atoms with Crippen molar-refractivity contribution in [3.05, 3.63) is 71.5 Å². The highest BCUT2D eigenvalue weighted by Crippen LogP contribution is 2.56. The van der Waals surface area contributed by atoms with E-state index in [1.807, 2.05) is 0 Å². The molecule has 5 nitrogen and oxygen atoms in total. The average Bonchev–Trinajstić information content (AvgIpc) is 2.75. The fourth-order valence-electron chi connectivity index (χ4n) is 4.81. The van der Waals surface area contributed by atoms with E-state index in [4.69, 9.17) is 4.74 Å². The maximum Gasteiger partial charge on any atom is 0.419 e. The average molecular weight is 498 g/mol. The van der Waals surface area contributed by atoms with Gasteiger partial charge in [0, 0.05) is 5.56 Å². The Labute approximate surface area is 194 Å². The summed E-state index contributed by atoms with van der Waals surface area (Å²) in [5.41, 5.74) is -5.00. The molecule has 0 saturated heterocycles. The SMILES string of the molecule is COc1c(F)ccc2c1C(C)(C)CC(O)(C(F)(F)F)C2NS(=O)(=O)c1ccc2ccccc2c1. The summed E-state index contributed by atoms with van der Waals surface area (Å²) in [6.45, 7) is 2.83. The standard InChI is InChI=1S/C24H23F4NO4S/c1-22(2)13-23(30,24(26,27)28)21(17-10-11-18(25)20(33-3)19(17)22)29-34(31,32)16-9-8-14-6-4-5-7-15(14)12-16/h4-12,21,29-30H,13H2,1-3H3. The number of fused-ring (bicyclic) bond motifs is 2. The molecule has 0 spiro atoms. The molecule has 1 aliphatic rings. The zero-order valence-electron chi connectivity index (χ0n) is 18.6. The Hall–Kier alpha value is -2.69. The van der Waals surface area contributed by atoms with Crippen LogP contribution in [0.25, 0.3) is 10.8 Å². The summed E-state index contributed by atoms with van der Waals surface area (Å²) >= 11 is 0. The number of ether oxygens (including phenoxy) is 1. The molecule has 3 aromatic rings.